The summed E-state index contributed by atoms with van der Waals surface area (Å²) in [5.41, 5.74) is 2.51. The smallest absolute Gasteiger partial charge is 0.225 e. The molecule has 1 saturated heterocycles. The van der Waals surface area contributed by atoms with E-state index >= 15 is 0 Å². The lowest BCUT2D eigenvalue weighted by Gasteiger charge is -2.36. The van der Waals surface area contributed by atoms with E-state index < -0.39 is 0 Å². The molecule has 1 aromatic heterocycles. The first-order valence-corrected chi connectivity index (χ1v) is 11.3. The molecule has 6 heteroatoms. The van der Waals surface area contributed by atoms with Crippen molar-refractivity contribution in [3.05, 3.63) is 41.2 Å². The Kier molecular flexibility index (Phi) is 7.43. The van der Waals surface area contributed by atoms with E-state index in [-0.39, 0.29) is 5.92 Å². The van der Waals surface area contributed by atoms with E-state index in [1.165, 1.54) is 22.7 Å². The van der Waals surface area contributed by atoms with Crippen LogP contribution < -0.4 is 4.90 Å². The van der Waals surface area contributed by atoms with Gasteiger partial charge in [0.15, 0.2) is 0 Å². The third-order valence-corrected chi connectivity index (χ3v) is 6.37. The van der Waals surface area contributed by atoms with Crippen molar-refractivity contribution in [2.75, 3.05) is 31.1 Å². The van der Waals surface area contributed by atoms with E-state index in [0.717, 1.165) is 69.2 Å². The Hall–Kier alpha value is -1.95. The minimum atomic E-state index is 0.189. The Bertz CT molecular complexity index is 750. The maximum absolute atomic E-state index is 12.8. The van der Waals surface area contributed by atoms with Crippen LogP contribution in [0.15, 0.2) is 24.3 Å². The molecule has 0 aliphatic carbocycles. The summed E-state index contributed by atoms with van der Waals surface area (Å²) < 4.78 is 4.55. The second-order valence-corrected chi connectivity index (χ2v) is 8.45. The van der Waals surface area contributed by atoms with E-state index in [1.807, 2.05) is 0 Å². The predicted octanol–water partition coefficient (Wildman–Crippen LogP) is 4.30. The number of carbonyl (C=O) groups is 1. The number of hydrogen-bond acceptors (Lipinski definition) is 5. The molecule has 0 saturated carbocycles. The van der Waals surface area contributed by atoms with Gasteiger partial charge in [-0.05, 0) is 25.3 Å². The topological polar surface area (TPSA) is 49.3 Å². The molecule has 1 aromatic carbocycles. The van der Waals surface area contributed by atoms with Crippen molar-refractivity contribution in [2.45, 2.75) is 52.9 Å². The first kappa shape index (κ1) is 20.8. The molecular weight excluding hydrogens is 368 g/mol. The lowest BCUT2D eigenvalue weighted by atomic mass is 9.97. The van der Waals surface area contributed by atoms with E-state index in [1.54, 1.807) is 0 Å². The maximum atomic E-state index is 12.8. The van der Waals surface area contributed by atoms with Crippen molar-refractivity contribution in [3.8, 4) is 0 Å². The molecule has 0 radical (unpaired) electrons. The second-order valence-electron chi connectivity index (χ2n) is 7.72. The van der Waals surface area contributed by atoms with Crippen LogP contribution in [0.25, 0.3) is 0 Å². The number of carbonyl (C=O) groups excluding carboxylic acids is 1. The zero-order chi connectivity index (χ0) is 19.9. The van der Waals surface area contributed by atoms with E-state index in [4.69, 9.17) is 4.98 Å². The fourth-order valence-electron chi connectivity index (χ4n) is 3.66. The van der Waals surface area contributed by atoms with Crippen LogP contribution in [0.4, 0.5) is 5.13 Å². The van der Waals surface area contributed by atoms with Gasteiger partial charge in [0.1, 0.15) is 5.82 Å². The highest BCUT2D eigenvalue weighted by Gasteiger charge is 2.27. The molecule has 2 heterocycles. The molecule has 3 rings (SSSR count). The Morgan fingerprint density at radius 2 is 1.86 bits per heavy atom. The largest absolute Gasteiger partial charge is 0.343 e. The van der Waals surface area contributed by atoms with Crippen molar-refractivity contribution in [2.24, 2.45) is 5.92 Å². The van der Waals surface area contributed by atoms with Crippen molar-refractivity contribution in [1.29, 1.82) is 0 Å². The Labute approximate surface area is 172 Å². The molecule has 1 aliphatic heterocycles. The van der Waals surface area contributed by atoms with Gasteiger partial charge in [-0.2, -0.15) is 4.37 Å². The van der Waals surface area contributed by atoms with Gasteiger partial charge >= 0.3 is 0 Å². The molecule has 1 amide bonds. The monoisotopic (exact) mass is 400 g/mol. The lowest BCUT2D eigenvalue weighted by molar-refractivity contribution is -0.136. The van der Waals surface area contributed by atoms with Crippen LogP contribution in [0.2, 0.25) is 0 Å². The number of aromatic nitrogens is 2. The summed E-state index contributed by atoms with van der Waals surface area (Å²) in [6, 6.07) is 8.54. The van der Waals surface area contributed by atoms with Gasteiger partial charge in [0, 0.05) is 50.1 Å². The van der Waals surface area contributed by atoms with Gasteiger partial charge in [-0.3, -0.25) is 4.79 Å². The Morgan fingerprint density at radius 3 is 2.50 bits per heavy atom. The van der Waals surface area contributed by atoms with Crippen LogP contribution in [0.5, 0.6) is 0 Å². The Morgan fingerprint density at radius 1 is 1.14 bits per heavy atom. The minimum Gasteiger partial charge on any atom is -0.343 e. The van der Waals surface area contributed by atoms with Crippen LogP contribution in [0.3, 0.4) is 0 Å². The third-order valence-electron chi connectivity index (χ3n) is 5.55. The molecule has 5 nitrogen and oxygen atoms in total. The van der Waals surface area contributed by atoms with Gasteiger partial charge in [0.25, 0.3) is 0 Å². The molecule has 1 atom stereocenters. The summed E-state index contributed by atoms with van der Waals surface area (Å²) in [6.45, 7) is 9.67. The highest BCUT2D eigenvalue weighted by molar-refractivity contribution is 7.09. The number of aryl methyl sites for hydroxylation is 1. The first-order chi connectivity index (χ1) is 13.6. The second kappa shape index (κ2) is 10.0. The average molecular weight is 401 g/mol. The number of unbranched alkanes of at least 4 members (excludes halogenated alkanes) is 1. The van der Waals surface area contributed by atoms with Gasteiger partial charge in [-0.25, -0.2) is 4.98 Å². The molecule has 1 unspecified atom stereocenters. The summed E-state index contributed by atoms with van der Waals surface area (Å²) in [5.74, 6) is 1.41. The van der Waals surface area contributed by atoms with Gasteiger partial charge in [0.2, 0.25) is 11.0 Å². The SMILES string of the molecule is CCCCC(CC)C(=O)N1CCN(c2nc(Cc3ccc(C)cc3)ns2)CC1. The molecule has 1 aliphatic rings. The third kappa shape index (κ3) is 5.31. The maximum Gasteiger partial charge on any atom is 0.225 e. The molecule has 152 valence electrons. The normalized spacial score (nSPS) is 15.7. The number of benzene rings is 1. The summed E-state index contributed by atoms with van der Waals surface area (Å²) in [6.07, 6.45) is 5.02. The van der Waals surface area contributed by atoms with Gasteiger partial charge in [-0.15, -0.1) is 0 Å². The fourth-order valence-corrected chi connectivity index (χ4v) is 4.40. The molecule has 1 fully saturated rings. The zero-order valence-corrected chi connectivity index (χ0v) is 18.2. The van der Waals surface area contributed by atoms with E-state index in [9.17, 15) is 4.79 Å². The molecule has 28 heavy (non-hydrogen) atoms. The number of piperazine rings is 1. The van der Waals surface area contributed by atoms with Crippen molar-refractivity contribution < 1.29 is 4.79 Å². The zero-order valence-electron chi connectivity index (χ0n) is 17.4. The highest BCUT2D eigenvalue weighted by Crippen LogP contribution is 2.22. The van der Waals surface area contributed by atoms with Crippen molar-refractivity contribution in [3.63, 3.8) is 0 Å². The van der Waals surface area contributed by atoms with Gasteiger partial charge in [-0.1, -0.05) is 56.5 Å². The Balaban J connectivity index is 1.53. The highest BCUT2D eigenvalue weighted by atomic mass is 32.1. The lowest BCUT2D eigenvalue weighted by Crippen LogP contribution is -2.50. The fraction of sp³-hybridized carbons (Fsp3) is 0.591. The van der Waals surface area contributed by atoms with Crippen molar-refractivity contribution in [1.82, 2.24) is 14.3 Å². The quantitative estimate of drug-likeness (QED) is 0.663. The first-order valence-electron chi connectivity index (χ1n) is 10.5. The number of hydrogen-bond donors (Lipinski definition) is 0. The molecule has 0 spiro atoms. The van der Waals surface area contributed by atoms with Gasteiger partial charge < -0.3 is 9.80 Å². The molecule has 0 bridgehead atoms. The number of anilines is 1. The van der Waals surface area contributed by atoms with Crippen molar-refractivity contribution >= 4 is 22.6 Å². The summed E-state index contributed by atoms with van der Waals surface area (Å²) in [7, 11) is 0. The van der Waals surface area contributed by atoms with Gasteiger partial charge in [0.05, 0.1) is 0 Å². The standard InChI is InChI=1S/C22H32N4OS/c1-4-6-7-19(5-2)21(27)25-12-14-26(15-13-25)22-23-20(24-28-22)16-18-10-8-17(3)9-11-18/h8-11,19H,4-7,12-16H2,1-3H3. The van der Waals surface area contributed by atoms with E-state index in [0.29, 0.717) is 5.91 Å². The van der Waals surface area contributed by atoms with Crippen LogP contribution in [0, 0.1) is 12.8 Å². The minimum absolute atomic E-state index is 0.189. The average Bonchev–Trinajstić information content (AvgIpc) is 3.19. The van der Waals surface area contributed by atoms with Crippen LogP contribution >= 0.6 is 11.5 Å². The number of amides is 1. The summed E-state index contributed by atoms with van der Waals surface area (Å²) in [4.78, 5) is 21.9. The van der Waals surface area contributed by atoms with Crippen LogP contribution in [-0.4, -0.2) is 46.3 Å². The summed E-state index contributed by atoms with van der Waals surface area (Å²) in [5, 5.41) is 0.979. The summed E-state index contributed by atoms with van der Waals surface area (Å²) >= 11 is 1.47. The number of rotatable bonds is 8. The molecule has 2 aromatic rings. The number of nitrogens with zero attached hydrogens (tertiary/aromatic N) is 4. The van der Waals surface area contributed by atoms with E-state index in [2.05, 4.69) is 59.2 Å². The molecular formula is C22H32N4OS. The predicted molar refractivity (Wildman–Crippen MR) is 116 cm³/mol. The van der Waals surface area contributed by atoms with Crippen LogP contribution in [-0.2, 0) is 11.2 Å². The molecule has 0 N–H and O–H groups in total. The van der Waals surface area contributed by atoms with Crippen LogP contribution in [0.1, 0.15) is 56.5 Å².